The van der Waals surface area contributed by atoms with Crippen LogP contribution in [-0.2, 0) is 11.2 Å². The Morgan fingerprint density at radius 2 is 1.75 bits per heavy atom. The van der Waals surface area contributed by atoms with E-state index in [9.17, 15) is 10.0 Å². The van der Waals surface area contributed by atoms with E-state index >= 15 is 0 Å². The first-order chi connectivity index (χ1) is 13.6. The molecule has 0 saturated carbocycles. The molecule has 2 atom stereocenters. The van der Waals surface area contributed by atoms with E-state index in [-0.39, 0.29) is 22.9 Å². The van der Waals surface area contributed by atoms with Crippen LogP contribution in [0, 0.1) is 11.1 Å². The van der Waals surface area contributed by atoms with Crippen molar-refractivity contribution in [3.05, 3.63) is 76.5 Å². The summed E-state index contributed by atoms with van der Waals surface area (Å²) in [5.41, 5.74) is 3.54. The average Bonchev–Trinajstić information content (AvgIpc) is 2.73. The second-order valence-electron chi connectivity index (χ2n) is 8.40. The van der Waals surface area contributed by atoms with E-state index in [1.54, 1.807) is 0 Å². The Kier molecular flexibility index (Phi) is 4.37. The SMILES string of the molecule is O=C(O[C@@H]1C[N+]2([O-])CCC1CC2)N1CCc2ccccc2C1c1ccccc1. The smallest absolute Gasteiger partial charge is 0.411 e. The molecule has 4 aliphatic heterocycles. The van der Waals surface area contributed by atoms with Crippen LogP contribution < -0.4 is 0 Å². The fraction of sp³-hybridized carbons (Fsp3) is 0.435. The van der Waals surface area contributed by atoms with E-state index in [0.717, 1.165) is 30.4 Å². The van der Waals surface area contributed by atoms with E-state index in [1.807, 2.05) is 29.2 Å². The van der Waals surface area contributed by atoms with E-state index in [2.05, 4.69) is 30.3 Å². The van der Waals surface area contributed by atoms with Gasteiger partial charge < -0.3 is 14.6 Å². The van der Waals surface area contributed by atoms with Crippen LogP contribution in [0.15, 0.2) is 54.6 Å². The summed E-state index contributed by atoms with van der Waals surface area (Å²) in [5, 5.41) is 12.7. The molecule has 28 heavy (non-hydrogen) atoms. The van der Waals surface area contributed by atoms with Gasteiger partial charge in [-0.05, 0) is 23.1 Å². The quantitative estimate of drug-likeness (QED) is 0.589. The van der Waals surface area contributed by atoms with Crippen molar-refractivity contribution in [1.82, 2.24) is 4.90 Å². The second kappa shape index (κ2) is 6.90. The molecule has 4 heterocycles. The number of piperidine rings is 3. The Bertz CT molecular complexity index is 861. The third kappa shape index (κ3) is 3.09. The van der Waals surface area contributed by atoms with Gasteiger partial charge in [0, 0.05) is 25.3 Å². The number of hydrogen-bond donors (Lipinski definition) is 0. The molecule has 1 unspecified atom stereocenters. The van der Waals surface area contributed by atoms with E-state index in [1.165, 1.54) is 5.56 Å². The number of fused-ring (bicyclic) bond motifs is 4. The minimum absolute atomic E-state index is 0.143. The molecular formula is C23H26N2O3. The van der Waals surface area contributed by atoms with Gasteiger partial charge in [0.15, 0.2) is 6.10 Å². The van der Waals surface area contributed by atoms with Crippen LogP contribution in [0.5, 0.6) is 0 Å². The molecule has 2 aromatic carbocycles. The maximum Gasteiger partial charge on any atom is 0.411 e. The number of rotatable bonds is 2. The second-order valence-corrected chi connectivity index (χ2v) is 8.40. The molecule has 0 aromatic heterocycles. The summed E-state index contributed by atoms with van der Waals surface area (Å²) in [6.07, 6.45) is 2.03. The van der Waals surface area contributed by atoms with E-state index in [4.69, 9.17) is 4.74 Å². The Morgan fingerprint density at radius 3 is 2.50 bits per heavy atom. The first-order valence-electron chi connectivity index (χ1n) is 10.3. The van der Waals surface area contributed by atoms with Gasteiger partial charge in [-0.3, -0.25) is 4.90 Å². The molecule has 1 amide bonds. The molecule has 146 valence electrons. The van der Waals surface area contributed by atoms with Crippen LogP contribution in [-0.4, -0.2) is 47.9 Å². The predicted octanol–water partition coefficient (Wildman–Crippen LogP) is 3.88. The van der Waals surface area contributed by atoms with E-state index in [0.29, 0.717) is 32.1 Å². The number of amides is 1. The largest absolute Gasteiger partial charge is 0.633 e. The highest BCUT2D eigenvalue weighted by Gasteiger charge is 2.44. The molecule has 5 heteroatoms. The first kappa shape index (κ1) is 17.7. The molecule has 0 aliphatic carbocycles. The number of hydrogen-bond acceptors (Lipinski definition) is 3. The summed E-state index contributed by atoms with van der Waals surface area (Å²) >= 11 is 0. The van der Waals surface area contributed by atoms with Crippen molar-refractivity contribution < 1.29 is 14.2 Å². The molecule has 4 aliphatic rings. The summed E-state index contributed by atoms with van der Waals surface area (Å²) in [5.74, 6) is 0.338. The minimum Gasteiger partial charge on any atom is -0.633 e. The topological polar surface area (TPSA) is 52.6 Å². The van der Waals surface area contributed by atoms with Gasteiger partial charge in [-0.25, -0.2) is 4.79 Å². The van der Waals surface area contributed by atoms with Crippen molar-refractivity contribution >= 4 is 6.09 Å². The van der Waals surface area contributed by atoms with Crippen molar-refractivity contribution in [3.8, 4) is 0 Å². The monoisotopic (exact) mass is 378 g/mol. The Morgan fingerprint density at radius 1 is 1.04 bits per heavy atom. The van der Waals surface area contributed by atoms with Crippen molar-refractivity contribution in [1.29, 1.82) is 0 Å². The number of carbonyl (C=O) groups excluding carboxylic acids is 1. The standard InChI is InChI=1S/C23H26N2O3/c26-23(28-21-16-25(27)14-11-18(21)12-15-25)24-13-10-17-6-4-5-9-20(17)22(24)19-7-2-1-3-8-19/h1-9,18,21-22H,10-16H2/t18?,21-,22?,25?/m1/s1. The van der Waals surface area contributed by atoms with Crippen LogP contribution >= 0.6 is 0 Å². The van der Waals surface area contributed by atoms with E-state index < -0.39 is 0 Å². The fourth-order valence-electron chi connectivity index (χ4n) is 5.18. The highest BCUT2D eigenvalue weighted by Crippen LogP contribution is 2.38. The molecule has 6 rings (SSSR count). The average molecular weight is 378 g/mol. The zero-order valence-electron chi connectivity index (χ0n) is 16.0. The molecule has 2 bridgehead atoms. The van der Waals surface area contributed by atoms with Crippen LogP contribution in [0.2, 0.25) is 0 Å². The number of hydroxylamine groups is 3. The van der Waals surface area contributed by atoms with Gasteiger partial charge in [-0.1, -0.05) is 54.6 Å². The predicted molar refractivity (Wildman–Crippen MR) is 106 cm³/mol. The number of carbonyl (C=O) groups is 1. The Hall–Kier alpha value is -2.37. The van der Waals surface area contributed by atoms with Crippen molar-refractivity contribution in [2.45, 2.75) is 31.4 Å². The zero-order valence-corrected chi connectivity index (χ0v) is 16.0. The normalized spacial score (nSPS) is 31.3. The van der Waals surface area contributed by atoms with Crippen LogP contribution in [0.4, 0.5) is 4.79 Å². The zero-order chi connectivity index (χ0) is 19.1. The highest BCUT2D eigenvalue weighted by atomic mass is 16.6. The molecule has 0 spiro atoms. The lowest BCUT2D eigenvalue weighted by atomic mass is 9.85. The van der Waals surface area contributed by atoms with Gasteiger partial charge in [0.2, 0.25) is 0 Å². The molecule has 2 aromatic rings. The molecule has 5 nitrogen and oxygen atoms in total. The maximum absolute atomic E-state index is 13.2. The van der Waals surface area contributed by atoms with Gasteiger partial charge in [-0.2, -0.15) is 0 Å². The highest BCUT2D eigenvalue weighted by molar-refractivity contribution is 5.70. The lowest BCUT2D eigenvalue weighted by Gasteiger charge is -2.55. The lowest BCUT2D eigenvalue weighted by Crippen LogP contribution is -2.61. The third-order valence-electron chi connectivity index (χ3n) is 6.74. The number of ether oxygens (including phenoxy) is 1. The molecular weight excluding hydrogens is 352 g/mol. The number of benzene rings is 2. The van der Waals surface area contributed by atoms with Crippen molar-refractivity contribution in [3.63, 3.8) is 0 Å². The van der Waals surface area contributed by atoms with Gasteiger partial charge >= 0.3 is 6.09 Å². The van der Waals surface area contributed by atoms with Gasteiger partial charge in [-0.15, -0.1) is 0 Å². The Labute approximate surface area is 165 Å². The van der Waals surface area contributed by atoms with Crippen molar-refractivity contribution in [2.75, 3.05) is 26.2 Å². The summed E-state index contributed by atoms with van der Waals surface area (Å²) in [6.45, 7) is 2.38. The maximum atomic E-state index is 13.2. The summed E-state index contributed by atoms with van der Waals surface area (Å²) in [4.78, 5) is 15.1. The van der Waals surface area contributed by atoms with Crippen LogP contribution in [0.25, 0.3) is 0 Å². The lowest BCUT2D eigenvalue weighted by molar-refractivity contribution is -0.900. The number of quaternary nitrogens is 1. The van der Waals surface area contributed by atoms with Gasteiger partial charge in [0.25, 0.3) is 0 Å². The van der Waals surface area contributed by atoms with Crippen molar-refractivity contribution in [2.24, 2.45) is 5.92 Å². The summed E-state index contributed by atoms with van der Waals surface area (Å²) in [7, 11) is 0. The Balaban J connectivity index is 1.42. The fourth-order valence-corrected chi connectivity index (χ4v) is 5.18. The minimum atomic E-state index is -0.284. The summed E-state index contributed by atoms with van der Waals surface area (Å²) < 4.78 is 5.77. The third-order valence-corrected chi connectivity index (χ3v) is 6.74. The number of nitrogens with zero attached hydrogens (tertiary/aromatic N) is 2. The molecule has 0 N–H and O–H groups in total. The molecule has 0 radical (unpaired) electrons. The molecule has 3 saturated heterocycles. The van der Waals surface area contributed by atoms with Crippen LogP contribution in [0.3, 0.4) is 0 Å². The van der Waals surface area contributed by atoms with Gasteiger partial charge in [0.1, 0.15) is 6.54 Å². The first-order valence-corrected chi connectivity index (χ1v) is 10.3. The summed E-state index contributed by atoms with van der Waals surface area (Å²) in [6, 6.07) is 18.3. The van der Waals surface area contributed by atoms with Crippen LogP contribution in [0.1, 0.15) is 35.6 Å². The molecule has 3 fully saturated rings. The van der Waals surface area contributed by atoms with Gasteiger partial charge in [0.05, 0.1) is 19.1 Å².